The summed E-state index contributed by atoms with van der Waals surface area (Å²) in [6, 6.07) is 7.49. The largest absolute Gasteiger partial charge is 0.339 e. The molecule has 1 fully saturated rings. The summed E-state index contributed by atoms with van der Waals surface area (Å²) < 4.78 is 1.71. The Kier molecular flexibility index (Phi) is 3.60. The summed E-state index contributed by atoms with van der Waals surface area (Å²) >= 11 is 0. The Bertz CT molecular complexity index is 638. The van der Waals surface area contributed by atoms with Crippen LogP contribution in [-0.2, 0) is 7.05 Å². The molecule has 0 atom stereocenters. The fraction of sp³-hybridized carbons (Fsp3) is 0.400. The van der Waals surface area contributed by atoms with E-state index < -0.39 is 0 Å². The van der Waals surface area contributed by atoms with Crippen molar-refractivity contribution in [3.8, 4) is 0 Å². The molecule has 0 bridgehead atoms. The van der Waals surface area contributed by atoms with Gasteiger partial charge >= 0.3 is 0 Å². The van der Waals surface area contributed by atoms with E-state index in [2.05, 4.69) is 15.4 Å². The van der Waals surface area contributed by atoms with Crippen LogP contribution in [0.2, 0.25) is 0 Å². The van der Waals surface area contributed by atoms with Gasteiger partial charge in [0.2, 0.25) is 5.95 Å². The monoisotopic (exact) mass is 285 g/mol. The second-order valence-corrected chi connectivity index (χ2v) is 5.31. The first-order valence-electron chi connectivity index (χ1n) is 7.17. The average molecular weight is 285 g/mol. The molecular weight excluding hydrogens is 266 g/mol. The van der Waals surface area contributed by atoms with E-state index in [-0.39, 0.29) is 5.91 Å². The number of amides is 1. The SMILES string of the molecule is Cc1nc(Nc2cccc(C(=O)N3CCCC3)c2)nn1C. The number of hydrogen-bond acceptors (Lipinski definition) is 4. The molecule has 6 nitrogen and oxygen atoms in total. The van der Waals surface area contributed by atoms with Crippen molar-refractivity contribution in [2.75, 3.05) is 18.4 Å². The van der Waals surface area contributed by atoms with E-state index in [9.17, 15) is 4.79 Å². The summed E-state index contributed by atoms with van der Waals surface area (Å²) in [6.45, 7) is 3.61. The lowest BCUT2D eigenvalue weighted by atomic mass is 10.2. The van der Waals surface area contributed by atoms with Gasteiger partial charge in [-0.3, -0.25) is 9.48 Å². The summed E-state index contributed by atoms with van der Waals surface area (Å²) in [5.41, 5.74) is 1.53. The Hall–Kier alpha value is -2.37. The maximum Gasteiger partial charge on any atom is 0.253 e. The van der Waals surface area contributed by atoms with Crippen molar-refractivity contribution < 1.29 is 4.79 Å². The van der Waals surface area contributed by atoms with Gasteiger partial charge in [0.05, 0.1) is 0 Å². The maximum absolute atomic E-state index is 12.4. The highest BCUT2D eigenvalue weighted by atomic mass is 16.2. The summed E-state index contributed by atoms with van der Waals surface area (Å²) in [5.74, 6) is 1.48. The van der Waals surface area contributed by atoms with Crippen molar-refractivity contribution in [2.24, 2.45) is 7.05 Å². The number of aryl methyl sites for hydroxylation is 2. The standard InChI is InChI=1S/C15H19N5O/c1-11-16-15(18-19(11)2)17-13-7-5-6-12(10-13)14(21)20-8-3-4-9-20/h5-7,10H,3-4,8-9H2,1-2H3,(H,17,18). The van der Waals surface area contributed by atoms with E-state index in [4.69, 9.17) is 0 Å². The Morgan fingerprint density at radius 1 is 1.29 bits per heavy atom. The third kappa shape index (κ3) is 2.89. The number of nitrogens with one attached hydrogen (secondary N) is 1. The Morgan fingerprint density at radius 2 is 2.05 bits per heavy atom. The van der Waals surface area contributed by atoms with Gasteiger partial charge in [-0.2, -0.15) is 4.98 Å². The van der Waals surface area contributed by atoms with Crippen LogP contribution in [0.3, 0.4) is 0 Å². The van der Waals surface area contributed by atoms with Gasteiger partial charge in [0.15, 0.2) is 0 Å². The lowest BCUT2D eigenvalue weighted by Gasteiger charge is -2.15. The second-order valence-electron chi connectivity index (χ2n) is 5.31. The molecule has 0 aliphatic carbocycles. The molecule has 6 heteroatoms. The summed E-state index contributed by atoms with van der Waals surface area (Å²) in [6.07, 6.45) is 2.20. The van der Waals surface area contributed by atoms with Crippen LogP contribution in [0, 0.1) is 6.92 Å². The first-order valence-corrected chi connectivity index (χ1v) is 7.17. The molecule has 0 spiro atoms. The topological polar surface area (TPSA) is 63.1 Å². The predicted molar refractivity (Wildman–Crippen MR) is 80.6 cm³/mol. The van der Waals surface area contributed by atoms with Crippen molar-refractivity contribution >= 4 is 17.5 Å². The quantitative estimate of drug-likeness (QED) is 0.938. The molecule has 3 rings (SSSR count). The molecule has 110 valence electrons. The van der Waals surface area contributed by atoms with Crippen molar-refractivity contribution in [3.05, 3.63) is 35.7 Å². The minimum Gasteiger partial charge on any atom is -0.339 e. The highest BCUT2D eigenvalue weighted by Gasteiger charge is 2.19. The number of hydrogen-bond donors (Lipinski definition) is 1. The number of likely N-dealkylation sites (tertiary alicyclic amines) is 1. The van der Waals surface area contributed by atoms with Crippen LogP contribution in [0.25, 0.3) is 0 Å². The molecule has 1 aromatic heterocycles. The third-order valence-electron chi connectivity index (χ3n) is 3.74. The van der Waals surface area contributed by atoms with Crippen LogP contribution in [0.4, 0.5) is 11.6 Å². The number of anilines is 2. The number of rotatable bonds is 3. The Labute approximate surface area is 123 Å². The fourth-order valence-corrected chi connectivity index (χ4v) is 2.48. The maximum atomic E-state index is 12.4. The lowest BCUT2D eigenvalue weighted by Crippen LogP contribution is -2.27. The number of benzene rings is 1. The molecule has 1 aliphatic rings. The minimum absolute atomic E-state index is 0.0984. The van der Waals surface area contributed by atoms with Gasteiger partial charge in [0, 0.05) is 31.4 Å². The minimum atomic E-state index is 0.0984. The van der Waals surface area contributed by atoms with Crippen LogP contribution in [0.1, 0.15) is 29.0 Å². The smallest absolute Gasteiger partial charge is 0.253 e. The summed E-state index contributed by atoms with van der Waals surface area (Å²) in [7, 11) is 1.85. The van der Waals surface area contributed by atoms with E-state index in [1.165, 1.54) is 0 Å². The zero-order valence-corrected chi connectivity index (χ0v) is 12.3. The fourth-order valence-electron chi connectivity index (χ4n) is 2.48. The molecule has 2 heterocycles. The molecule has 0 saturated carbocycles. The van der Waals surface area contributed by atoms with Crippen LogP contribution in [0.5, 0.6) is 0 Å². The zero-order chi connectivity index (χ0) is 14.8. The van der Waals surface area contributed by atoms with Gasteiger partial charge in [-0.05, 0) is 38.0 Å². The van der Waals surface area contributed by atoms with Crippen LogP contribution in [-0.4, -0.2) is 38.7 Å². The molecule has 21 heavy (non-hydrogen) atoms. The van der Waals surface area contributed by atoms with E-state index in [1.807, 2.05) is 43.1 Å². The molecule has 1 saturated heterocycles. The van der Waals surface area contributed by atoms with Crippen molar-refractivity contribution in [3.63, 3.8) is 0 Å². The molecule has 0 unspecified atom stereocenters. The lowest BCUT2D eigenvalue weighted by molar-refractivity contribution is 0.0793. The third-order valence-corrected chi connectivity index (χ3v) is 3.74. The molecular formula is C15H19N5O. The zero-order valence-electron chi connectivity index (χ0n) is 12.3. The highest BCUT2D eigenvalue weighted by Crippen LogP contribution is 2.18. The van der Waals surface area contributed by atoms with E-state index in [0.717, 1.165) is 37.4 Å². The van der Waals surface area contributed by atoms with Crippen molar-refractivity contribution in [1.82, 2.24) is 19.7 Å². The average Bonchev–Trinajstić information content (AvgIpc) is 3.09. The predicted octanol–water partition coefficient (Wildman–Crippen LogP) is 2.10. The van der Waals surface area contributed by atoms with Gasteiger partial charge in [-0.15, -0.1) is 5.10 Å². The van der Waals surface area contributed by atoms with Crippen molar-refractivity contribution in [1.29, 1.82) is 0 Å². The Balaban J connectivity index is 1.77. The molecule has 2 aromatic rings. The molecule has 1 amide bonds. The van der Waals surface area contributed by atoms with E-state index in [0.29, 0.717) is 11.5 Å². The molecule has 1 N–H and O–H groups in total. The highest BCUT2D eigenvalue weighted by molar-refractivity contribution is 5.95. The van der Waals surface area contributed by atoms with Gasteiger partial charge in [0.1, 0.15) is 5.82 Å². The van der Waals surface area contributed by atoms with Crippen LogP contribution < -0.4 is 5.32 Å². The van der Waals surface area contributed by atoms with Gasteiger partial charge < -0.3 is 10.2 Å². The van der Waals surface area contributed by atoms with Gasteiger partial charge in [-0.25, -0.2) is 0 Å². The molecule has 0 radical (unpaired) electrons. The normalized spacial score (nSPS) is 14.5. The summed E-state index contributed by atoms with van der Waals surface area (Å²) in [4.78, 5) is 18.6. The first-order chi connectivity index (χ1) is 10.1. The van der Waals surface area contributed by atoms with E-state index in [1.54, 1.807) is 4.68 Å². The van der Waals surface area contributed by atoms with Crippen molar-refractivity contribution in [2.45, 2.75) is 19.8 Å². The number of aromatic nitrogens is 3. The molecule has 1 aromatic carbocycles. The summed E-state index contributed by atoms with van der Waals surface area (Å²) in [5, 5.41) is 7.39. The van der Waals surface area contributed by atoms with Gasteiger partial charge in [-0.1, -0.05) is 6.07 Å². The number of carbonyl (C=O) groups is 1. The van der Waals surface area contributed by atoms with Gasteiger partial charge in [0.25, 0.3) is 5.91 Å². The van der Waals surface area contributed by atoms with Crippen LogP contribution >= 0.6 is 0 Å². The Morgan fingerprint density at radius 3 is 2.71 bits per heavy atom. The van der Waals surface area contributed by atoms with E-state index >= 15 is 0 Å². The number of carbonyl (C=O) groups excluding carboxylic acids is 1. The first kappa shape index (κ1) is 13.6. The van der Waals surface area contributed by atoms with Crippen LogP contribution in [0.15, 0.2) is 24.3 Å². The number of nitrogens with zero attached hydrogens (tertiary/aromatic N) is 4. The molecule has 1 aliphatic heterocycles. The second kappa shape index (κ2) is 5.55.